The molecule has 3 fully saturated rings. The predicted octanol–water partition coefficient (Wildman–Crippen LogP) is 3.60. The number of nitrogens with one attached hydrogen (secondary N) is 1. The average molecular weight is 265 g/mol. The van der Waals surface area contributed by atoms with Crippen molar-refractivity contribution < 1.29 is 4.74 Å². The highest BCUT2D eigenvalue weighted by Crippen LogP contribution is 2.53. The van der Waals surface area contributed by atoms with Gasteiger partial charge in [-0.2, -0.15) is 0 Å². The lowest BCUT2D eigenvalue weighted by Gasteiger charge is -2.39. The van der Waals surface area contributed by atoms with Gasteiger partial charge >= 0.3 is 0 Å². The van der Waals surface area contributed by atoms with E-state index in [0.717, 1.165) is 17.8 Å². The SMILES string of the molecule is CNC(C1CC2CCC1C2)C1CC(C)(C)OC1(C)C. The minimum atomic E-state index is 0.0129. The molecule has 0 radical (unpaired) electrons. The summed E-state index contributed by atoms with van der Waals surface area (Å²) in [5, 5.41) is 3.68. The zero-order valence-electron chi connectivity index (χ0n) is 13.3. The molecule has 5 unspecified atom stereocenters. The molecule has 1 saturated heterocycles. The highest BCUT2D eigenvalue weighted by Gasteiger charge is 2.53. The molecular formula is C17H31NO. The van der Waals surface area contributed by atoms with Crippen molar-refractivity contribution in [2.45, 2.75) is 77.0 Å². The van der Waals surface area contributed by atoms with Gasteiger partial charge in [0.05, 0.1) is 11.2 Å². The molecule has 0 spiro atoms. The Balaban J connectivity index is 1.79. The first-order valence-electron chi connectivity index (χ1n) is 8.20. The van der Waals surface area contributed by atoms with Crippen molar-refractivity contribution in [2.24, 2.45) is 23.7 Å². The first-order valence-corrected chi connectivity index (χ1v) is 8.20. The lowest BCUT2D eigenvalue weighted by atomic mass is 9.72. The number of hydrogen-bond acceptors (Lipinski definition) is 2. The highest BCUT2D eigenvalue weighted by molar-refractivity contribution is 5.05. The summed E-state index contributed by atoms with van der Waals surface area (Å²) in [4.78, 5) is 0. The first kappa shape index (κ1) is 13.9. The van der Waals surface area contributed by atoms with Crippen LogP contribution in [0.5, 0.6) is 0 Å². The Kier molecular flexibility index (Phi) is 3.26. The smallest absolute Gasteiger partial charge is 0.0677 e. The molecule has 2 heteroatoms. The first-order chi connectivity index (χ1) is 8.82. The molecule has 3 aliphatic rings. The molecule has 0 aromatic carbocycles. The molecule has 1 aliphatic heterocycles. The van der Waals surface area contributed by atoms with Crippen LogP contribution in [0, 0.1) is 23.7 Å². The van der Waals surface area contributed by atoms with E-state index >= 15 is 0 Å². The van der Waals surface area contributed by atoms with E-state index < -0.39 is 0 Å². The third kappa shape index (κ3) is 2.35. The van der Waals surface area contributed by atoms with E-state index in [1.54, 1.807) is 0 Å². The van der Waals surface area contributed by atoms with E-state index in [0.29, 0.717) is 12.0 Å². The van der Waals surface area contributed by atoms with Gasteiger partial charge in [-0.05, 0) is 78.2 Å². The molecule has 2 saturated carbocycles. The lowest BCUT2D eigenvalue weighted by Crippen LogP contribution is -2.48. The van der Waals surface area contributed by atoms with Gasteiger partial charge in [0, 0.05) is 12.0 Å². The summed E-state index contributed by atoms with van der Waals surface area (Å²) >= 11 is 0. The van der Waals surface area contributed by atoms with Gasteiger partial charge in [-0.1, -0.05) is 6.42 Å². The van der Waals surface area contributed by atoms with Gasteiger partial charge in [-0.25, -0.2) is 0 Å². The molecule has 110 valence electrons. The minimum absolute atomic E-state index is 0.0129. The topological polar surface area (TPSA) is 21.3 Å². The summed E-state index contributed by atoms with van der Waals surface area (Å²) in [6, 6.07) is 0.645. The zero-order valence-corrected chi connectivity index (χ0v) is 13.3. The monoisotopic (exact) mass is 265 g/mol. The molecule has 2 aliphatic carbocycles. The Bertz CT molecular complexity index is 349. The molecule has 0 aromatic rings. The van der Waals surface area contributed by atoms with Gasteiger partial charge < -0.3 is 10.1 Å². The molecule has 2 bridgehead atoms. The maximum absolute atomic E-state index is 6.33. The average Bonchev–Trinajstić information content (AvgIpc) is 2.93. The summed E-state index contributed by atoms with van der Waals surface area (Å²) in [7, 11) is 2.16. The van der Waals surface area contributed by atoms with Crippen LogP contribution in [-0.4, -0.2) is 24.3 Å². The van der Waals surface area contributed by atoms with Crippen molar-refractivity contribution in [1.82, 2.24) is 5.32 Å². The summed E-state index contributed by atoms with van der Waals surface area (Å²) in [5.74, 6) is 3.56. The standard InChI is InChI=1S/C17H31NO/c1-16(2)10-14(17(3,4)19-16)15(18-5)13-9-11-6-7-12(13)8-11/h11-15,18H,6-10H2,1-5H3. The van der Waals surface area contributed by atoms with Crippen LogP contribution in [0.15, 0.2) is 0 Å². The summed E-state index contributed by atoms with van der Waals surface area (Å²) in [6.45, 7) is 9.10. The maximum atomic E-state index is 6.33. The van der Waals surface area contributed by atoms with Crippen molar-refractivity contribution in [3.05, 3.63) is 0 Å². The molecule has 5 atom stereocenters. The summed E-state index contributed by atoms with van der Waals surface area (Å²) in [5.41, 5.74) is 0.0555. The Hall–Kier alpha value is -0.0800. The fourth-order valence-electron chi connectivity index (χ4n) is 5.61. The van der Waals surface area contributed by atoms with Gasteiger partial charge in [-0.15, -0.1) is 0 Å². The third-order valence-corrected chi connectivity index (χ3v) is 6.16. The van der Waals surface area contributed by atoms with Crippen LogP contribution in [0.2, 0.25) is 0 Å². The van der Waals surface area contributed by atoms with Gasteiger partial charge in [0.2, 0.25) is 0 Å². The predicted molar refractivity (Wildman–Crippen MR) is 79.1 cm³/mol. The molecule has 19 heavy (non-hydrogen) atoms. The van der Waals surface area contributed by atoms with Crippen molar-refractivity contribution >= 4 is 0 Å². The van der Waals surface area contributed by atoms with Gasteiger partial charge in [0.25, 0.3) is 0 Å². The zero-order chi connectivity index (χ0) is 13.8. The number of hydrogen-bond donors (Lipinski definition) is 1. The van der Waals surface area contributed by atoms with E-state index in [-0.39, 0.29) is 11.2 Å². The lowest BCUT2D eigenvalue weighted by molar-refractivity contribution is -0.0802. The Morgan fingerprint density at radius 1 is 1.11 bits per heavy atom. The van der Waals surface area contributed by atoms with Crippen LogP contribution in [0.3, 0.4) is 0 Å². The molecule has 1 N–H and O–H groups in total. The molecule has 2 nitrogen and oxygen atoms in total. The highest BCUT2D eigenvalue weighted by atomic mass is 16.5. The largest absolute Gasteiger partial charge is 0.369 e. The van der Waals surface area contributed by atoms with Crippen LogP contribution in [-0.2, 0) is 4.74 Å². The normalized spacial score (nSPS) is 44.7. The fourth-order valence-corrected chi connectivity index (χ4v) is 5.61. The second kappa shape index (κ2) is 4.46. The van der Waals surface area contributed by atoms with Gasteiger partial charge in [0.1, 0.15) is 0 Å². The van der Waals surface area contributed by atoms with E-state index in [9.17, 15) is 0 Å². The Labute approximate surface area is 118 Å². The number of fused-ring (bicyclic) bond motifs is 2. The van der Waals surface area contributed by atoms with E-state index in [4.69, 9.17) is 4.74 Å². The minimum Gasteiger partial charge on any atom is -0.369 e. The van der Waals surface area contributed by atoms with Crippen LogP contribution in [0.25, 0.3) is 0 Å². The number of rotatable bonds is 3. The summed E-state index contributed by atoms with van der Waals surface area (Å²) in [6.07, 6.45) is 7.13. The van der Waals surface area contributed by atoms with E-state index in [1.807, 2.05) is 0 Å². The number of ether oxygens (including phenoxy) is 1. The van der Waals surface area contributed by atoms with Crippen LogP contribution in [0.1, 0.15) is 59.8 Å². The second-order valence-electron chi connectivity index (χ2n) is 8.43. The molecule has 0 aromatic heterocycles. The Morgan fingerprint density at radius 2 is 1.84 bits per heavy atom. The van der Waals surface area contributed by atoms with Crippen molar-refractivity contribution in [3.63, 3.8) is 0 Å². The van der Waals surface area contributed by atoms with Crippen molar-refractivity contribution in [3.8, 4) is 0 Å². The molecule has 1 heterocycles. The molecule has 3 rings (SSSR count). The van der Waals surface area contributed by atoms with Gasteiger partial charge in [-0.3, -0.25) is 0 Å². The second-order valence-corrected chi connectivity index (χ2v) is 8.43. The molecular weight excluding hydrogens is 234 g/mol. The van der Waals surface area contributed by atoms with Crippen LogP contribution < -0.4 is 5.32 Å². The van der Waals surface area contributed by atoms with E-state index in [1.165, 1.54) is 32.1 Å². The summed E-state index contributed by atoms with van der Waals surface area (Å²) < 4.78 is 6.33. The quantitative estimate of drug-likeness (QED) is 0.842. The fraction of sp³-hybridized carbons (Fsp3) is 1.00. The third-order valence-electron chi connectivity index (χ3n) is 6.16. The van der Waals surface area contributed by atoms with E-state index in [2.05, 4.69) is 40.1 Å². The van der Waals surface area contributed by atoms with Crippen molar-refractivity contribution in [1.29, 1.82) is 0 Å². The van der Waals surface area contributed by atoms with Gasteiger partial charge in [0.15, 0.2) is 0 Å². The molecule has 0 amide bonds. The van der Waals surface area contributed by atoms with Crippen LogP contribution in [0.4, 0.5) is 0 Å². The van der Waals surface area contributed by atoms with Crippen molar-refractivity contribution in [2.75, 3.05) is 7.05 Å². The maximum Gasteiger partial charge on any atom is 0.0677 e. The Morgan fingerprint density at radius 3 is 2.26 bits per heavy atom. The van der Waals surface area contributed by atoms with Crippen LogP contribution >= 0.6 is 0 Å².